The molecule has 16 heavy (non-hydrogen) atoms. The molecule has 0 fully saturated rings. The average Bonchev–Trinajstić information content (AvgIpc) is 2.38. The van der Waals surface area contributed by atoms with Crippen molar-refractivity contribution in [3.8, 4) is 16.9 Å². The molecule has 0 spiro atoms. The topological polar surface area (TPSA) is 9.23 Å². The van der Waals surface area contributed by atoms with Gasteiger partial charge < -0.3 is 4.74 Å². The summed E-state index contributed by atoms with van der Waals surface area (Å²) in [5.41, 5.74) is 3.27. The number of methoxy groups -OCH3 is 1. The molecule has 1 nitrogen and oxygen atoms in total. The standard InChI is InChI=1S/C15H14O/c1-3-12-10-7-11-14(15(12)16-2)13-8-5-4-6-9-13/h3-11H,1H2,2H3. The van der Waals surface area contributed by atoms with Crippen molar-refractivity contribution in [1.29, 1.82) is 0 Å². The zero-order valence-corrected chi connectivity index (χ0v) is 9.31. The first-order chi connectivity index (χ1) is 7.86. The lowest BCUT2D eigenvalue weighted by molar-refractivity contribution is 0.415. The van der Waals surface area contributed by atoms with E-state index in [1.807, 2.05) is 36.4 Å². The lowest BCUT2D eigenvalue weighted by atomic mass is 10.0. The molecule has 0 heterocycles. The van der Waals surface area contributed by atoms with Crippen LogP contribution in [0.3, 0.4) is 0 Å². The van der Waals surface area contributed by atoms with Crippen LogP contribution in [0, 0.1) is 0 Å². The molecule has 2 rings (SSSR count). The second-order valence-corrected chi connectivity index (χ2v) is 3.50. The second kappa shape index (κ2) is 4.67. The summed E-state index contributed by atoms with van der Waals surface area (Å²) < 4.78 is 5.45. The number of hydrogen-bond donors (Lipinski definition) is 0. The Morgan fingerprint density at radius 1 is 1.00 bits per heavy atom. The Labute approximate surface area is 96.0 Å². The highest BCUT2D eigenvalue weighted by Gasteiger charge is 2.07. The fourth-order valence-electron chi connectivity index (χ4n) is 1.79. The number of para-hydroxylation sites is 1. The van der Waals surface area contributed by atoms with Crippen molar-refractivity contribution >= 4 is 6.08 Å². The van der Waals surface area contributed by atoms with E-state index in [1.54, 1.807) is 7.11 Å². The summed E-state index contributed by atoms with van der Waals surface area (Å²) in [6.45, 7) is 3.79. The molecule has 0 aliphatic rings. The van der Waals surface area contributed by atoms with Crippen LogP contribution >= 0.6 is 0 Å². The molecule has 2 aromatic rings. The first kappa shape index (κ1) is 10.5. The third-order valence-corrected chi connectivity index (χ3v) is 2.55. The summed E-state index contributed by atoms with van der Waals surface area (Å²) in [5, 5.41) is 0. The summed E-state index contributed by atoms with van der Waals surface area (Å²) in [5.74, 6) is 0.878. The van der Waals surface area contributed by atoms with E-state index < -0.39 is 0 Å². The van der Waals surface area contributed by atoms with E-state index in [2.05, 4.69) is 24.8 Å². The minimum Gasteiger partial charge on any atom is -0.495 e. The van der Waals surface area contributed by atoms with Crippen molar-refractivity contribution in [2.75, 3.05) is 7.11 Å². The Hall–Kier alpha value is -2.02. The summed E-state index contributed by atoms with van der Waals surface area (Å²) in [6, 6.07) is 16.3. The summed E-state index contributed by atoms with van der Waals surface area (Å²) in [4.78, 5) is 0. The largest absolute Gasteiger partial charge is 0.495 e. The van der Waals surface area contributed by atoms with Gasteiger partial charge in [-0.3, -0.25) is 0 Å². The van der Waals surface area contributed by atoms with E-state index in [0.717, 1.165) is 22.4 Å². The van der Waals surface area contributed by atoms with Gasteiger partial charge in [-0.15, -0.1) is 0 Å². The lowest BCUT2D eigenvalue weighted by Crippen LogP contribution is -1.90. The zero-order chi connectivity index (χ0) is 11.4. The van der Waals surface area contributed by atoms with Gasteiger partial charge in [0.2, 0.25) is 0 Å². The van der Waals surface area contributed by atoms with Gasteiger partial charge in [-0.1, -0.05) is 61.2 Å². The molecular formula is C15H14O. The van der Waals surface area contributed by atoms with E-state index in [1.165, 1.54) is 0 Å². The first-order valence-electron chi connectivity index (χ1n) is 5.21. The van der Waals surface area contributed by atoms with Gasteiger partial charge in [0.05, 0.1) is 7.11 Å². The highest BCUT2D eigenvalue weighted by molar-refractivity contribution is 5.76. The van der Waals surface area contributed by atoms with Crippen LogP contribution < -0.4 is 4.74 Å². The van der Waals surface area contributed by atoms with Crippen LogP contribution in [0.1, 0.15) is 5.56 Å². The van der Waals surface area contributed by atoms with Crippen LogP contribution in [0.2, 0.25) is 0 Å². The zero-order valence-electron chi connectivity index (χ0n) is 9.31. The van der Waals surface area contributed by atoms with Crippen molar-refractivity contribution in [1.82, 2.24) is 0 Å². The normalized spacial score (nSPS) is 9.81. The van der Waals surface area contributed by atoms with Crippen molar-refractivity contribution in [3.63, 3.8) is 0 Å². The number of benzene rings is 2. The molecule has 0 aliphatic heterocycles. The van der Waals surface area contributed by atoms with Crippen molar-refractivity contribution in [3.05, 3.63) is 60.7 Å². The van der Waals surface area contributed by atoms with Gasteiger partial charge in [0, 0.05) is 11.1 Å². The molecule has 0 saturated carbocycles. The maximum atomic E-state index is 5.45. The smallest absolute Gasteiger partial charge is 0.133 e. The van der Waals surface area contributed by atoms with E-state index in [4.69, 9.17) is 4.74 Å². The van der Waals surface area contributed by atoms with Crippen LogP contribution in [0.25, 0.3) is 17.2 Å². The Morgan fingerprint density at radius 3 is 2.38 bits per heavy atom. The maximum Gasteiger partial charge on any atom is 0.133 e. The highest BCUT2D eigenvalue weighted by Crippen LogP contribution is 2.33. The molecule has 80 valence electrons. The Morgan fingerprint density at radius 2 is 1.75 bits per heavy atom. The highest BCUT2D eigenvalue weighted by atomic mass is 16.5. The van der Waals surface area contributed by atoms with E-state index in [-0.39, 0.29) is 0 Å². The van der Waals surface area contributed by atoms with Crippen LogP contribution in [0.5, 0.6) is 5.75 Å². The lowest BCUT2D eigenvalue weighted by Gasteiger charge is -2.11. The predicted octanol–water partition coefficient (Wildman–Crippen LogP) is 4.01. The summed E-state index contributed by atoms with van der Waals surface area (Å²) in [6.07, 6.45) is 1.81. The van der Waals surface area contributed by atoms with Crippen LogP contribution in [-0.2, 0) is 0 Å². The van der Waals surface area contributed by atoms with Gasteiger partial charge in [0.15, 0.2) is 0 Å². The maximum absolute atomic E-state index is 5.45. The fraction of sp³-hybridized carbons (Fsp3) is 0.0667. The third-order valence-electron chi connectivity index (χ3n) is 2.55. The molecule has 0 radical (unpaired) electrons. The number of ether oxygens (including phenoxy) is 1. The third kappa shape index (κ3) is 1.84. The molecular weight excluding hydrogens is 196 g/mol. The minimum absolute atomic E-state index is 0.878. The van der Waals surface area contributed by atoms with Gasteiger partial charge in [-0.25, -0.2) is 0 Å². The van der Waals surface area contributed by atoms with Gasteiger partial charge >= 0.3 is 0 Å². The molecule has 0 amide bonds. The summed E-state index contributed by atoms with van der Waals surface area (Å²) >= 11 is 0. The van der Waals surface area contributed by atoms with Crippen LogP contribution in [-0.4, -0.2) is 7.11 Å². The number of hydrogen-bond acceptors (Lipinski definition) is 1. The van der Waals surface area contributed by atoms with Crippen molar-refractivity contribution in [2.24, 2.45) is 0 Å². The SMILES string of the molecule is C=Cc1cccc(-c2ccccc2)c1OC. The minimum atomic E-state index is 0.878. The molecule has 1 heteroatoms. The first-order valence-corrected chi connectivity index (χ1v) is 5.21. The molecule has 0 atom stereocenters. The quantitative estimate of drug-likeness (QED) is 0.743. The van der Waals surface area contributed by atoms with Gasteiger partial charge in [0.1, 0.15) is 5.75 Å². The molecule has 0 bridgehead atoms. The van der Waals surface area contributed by atoms with Gasteiger partial charge in [-0.2, -0.15) is 0 Å². The number of rotatable bonds is 3. The summed E-state index contributed by atoms with van der Waals surface area (Å²) in [7, 11) is 1.69. The van der Waals surface area contributed by atoms with Gasteiger partial charge in [-0.05, 0) is 5.56 Å². The monoisotopic (exact) mass is 210 g/mol. The molecule has 0 aromatic heterocycles. The molecule has 0 N–H and O–H groups in total. The van der Waals surface area contributed by atoms with Crippen LogP contribution in [0.15, 0.2) is 55.1 Å². The Kier molecular flexibility index (Phi) is 3.06. The predicted molar refractivity (Wildman–Crippen MR) is 68.5 cm³/mol. The average molecular weight is 210 g/mol. The Bertz CT molecular complexity index is 486. The molecule has 0 aliphatic carbocycles. The molecule has 2 aromatic carbocycles. The van der Waals surface area contributed by atoms with Gasteiger partial charge in [0.25, 0.3) is 0 Å². The Balaban J connectivity index is 2.61. The fourth-order valence-corrected chi connectivity index (χ4v) is 1.79. The van der Waals surface area contributed by atoms with E-state index >= 15 is 0 Å². The van der Waals surface area contributed by atoms with Crippen LogP contribution in [0.4, 0.5) is 0 Å². The van der Waals surface area contributed by atoms with E-state index in [9.17, 15) is 0 Å². The van der Waals surface area contributed by atoms with Crippen molar-refractivity contribution < 1.29 is 4.74 Å². The second-order valence-electron chi connectivity index (χ2n) is 3.50. The van der Waals surface area contributed by atoms with Crippen molar-refractivity contribution in [2.45, 2.75) is 0 Å². The van der Waals surface area contributed by atoms with E-state index in [0.29, 0.717) is 0 Å². The molecule has 0 unspecified atom stereocenters. The molecule has 0 saturated heterocycles.